The molecule has 0 unspecified atom stereocenters. The van der Waals surface area contributed by atoms with Crippen LogP contribution in [-0.4, -0.2) is 37.5 Å². The second kappa shape index (κ2) is 15.2. The van der Waals surface area contributed by atoms with Crippen LogP contribution in [0.3, 0.4) is 0 Å². The van der Waals surface area contributed by atoms with Crippen molar-refractivity contribution in [3.8, 4) is 11.5 Å². The lowest BCUT2D eigenvalue weighted by atomic mass is 9.76. The van der Waals surface area contributed by atoms with Crippen LogP contribution in [0.1, 0.15) is 65.0 Å². The zero-order valence-electron chi connectivity index (χ0n) is 29.6. The van der Waals surface area contributed by atoms with Gasteiger partial charge in [0, 0.05) is 35.6 Å². The Bertz CT molecular complexity index is 2220. The number of nitrogens with one attached hydrogen (secondary N) is 1. The fourth-order valence-electron chi connectivity index (χ4n) is 7.88. The molecule has 1 saturated heterocycles. The minimum absolute atomic E-state index is 0.0687. The minimum atomic E-state index is -0.786. The van der Waals surface area contributed by atoms with Gasteiger partial charge in [-0.05, 0) is 112 Å². The molecule has 0 radical (unpaired) electrons. The number of halogens is 2. The van der Waals surface area contributed by atoms with Crippen LogP contribution in [-0.2, 0) is 16.2 Å². The molecule has 0 spiro atoms. The average molecular weight is 803 g/mol. The number of hydrogen-bond acceptors (Lipinski definition) is 6. The number of ether oxygens (including phenoxy) is 2. The lowest BCUT2D eigenvalue weighted by Crippen LogP contribution is -2.54. The summed E-state index contributed by atoms with van der Waals surface area (Å²) in [4.78, 5) is 45.1. The fraction of sp³-hybridized carbons (Fsp3) is 0.205. The summed E-state index contributed by atoms with van der Waals surface area (Å²) in [7, 11) is 0. The number of benzene rings is 5. The molecular weight excluding hydrogens is 766 g/mol. The zero-order valence-corrected chi connectivity index (χ0v) is 31.9. The van der Waals surface area contributed by atoms with E-state index in [9.17, 15) is 14.4 Å². The second-order valence-corrected chi connectivity index (χ2v) is 14.9. The van der Waals surface area contributed by atoms with Gasteiger partial charge in [0.05, 0.1) is 16.8 Å². The molecule has 4 amide bonds. The van der Waals surface area contributed by atoms with E-state index < -0.39 is 17.8 Å². The van der Waals surface area contributed by atoms with E-state index in [4.69, 9.17) is 21.1 Å². The van der Waals surface area contributed by atoms with Crippen LogP contribution in [0, 0.1) is 0 Å². The summed E-state index contributed by atoms with van der Waals surface area (Å²) < 4.78 is 12.7. The SMILES string of the molecule is CCOc1cc(/C=C2\C(=O)NC(=O)N(c3cc4c5c(c3)[C@H](c3ccccc3)CCN5CC[C@@H]4c3ccccc3)C2=O)cc(Br)c1OCc1cccc(Cl)c1. The van der Waals surface area contributed by atoms with E-state index in [0.29, 0.717) is 38.9 Å². The quantitative estimate of drug-likeness (QED) is 0.118. The van der Waals surface area contributed by atoms with Crippen molar-refractivity contribution in [1.29, 1.82) is 0 Å². The van der Waals surface area contributed by atoms with Crippen LogP contribution < -0.4 is 24.6 Å². The minimum Gasteiger partial charge on any atom is -0.490 e. The van der Waals surface area contributed by atoms with Gasteiger partial charge in [-0.3, -0.25) is 14.9 Å². The van der Waals surface area contributed by atoms with Crippen molar-refractivity contribution in [3.63, 3.8) is 0 Å². The smallest absolute Gasteiger partial charge is 0.335 e. The highest BCUT2D eigenvalue weighted by atomic mass is 79.9. The van der Waals surface area contributed by atoms with E-state index in [1.165, 1.54) is 22.9 Å². The third kappa shape index (κ3) is 6.90. The van der Waals surface area contributed by atoms with E-state index in [2.05, 4.69) is 50.4 Å². The Morgan fingerprint density at radius 3 is 2.07 bits per heavy atom. The largest absolute Gasteiger partial charge is 0.490 e. The first-order valence-electron chi connectivity index (χ1n) is 18.1. The average Bonchev–Trinajstić information content (AvgIpc) is 3.17. The first-order chi connectivity index (χ1) is 26.3. The molecule has 1 N–H and O–H groups in total. The number of nitrogens with zero attached hydrogens (tertiary/aromatic N) is 2. The van der Waals surface area contributed by atoms with Crippen molar-refractivity contribution in [1.82, 2.24) is 5.32 Å². The highest BCUT2D eigenvalue weighted by Crippen LogP contribution is 2.50. The maximum Gasteiger partial charge on any atom is 0.335 e. The number of barbiturate groups is 1. The number of rotatable bonds is 9. The zero-order chi connectivity index (χ0) is 37.3. The van der Waals surface area contributed by atoms with Gasteiger partial charge in [-0.1, -0.05) is 84.4 Å². The van der Waals surface area contributed by atoms with Gasteiger partial charge in [-0.2, -0.15) is 0 Å². The molecule has 0 saturated carbocycles. The van der Waals surface area contributed by atoms with Gasteiger partial charge in [0.25, 0.3) is 11.8 Å². The Hall–Kier alpha value is -5.38. The third-order valence-corrected chi connectivity index (χ3v) is 11.1. The van der Waals surface area contributed by atoms with E-state index in [1.54, 1.807) is 18.2 Å². The molecule has 5 aromatic rings. The molecule has 1 fully saturated rings. The summed E-state index contributed by atoms with van der Waals surface area (Å²) in [6.45, 7) is 4.28. The normalized spacial score (nSPS) is 18.7. The topological polar surface area (TPSA) is 88.2 Å². The molecule has 8 rings (SSSR count). The van der Waals surface area contributed by atoms with E-state index in [0.717, 1.165) is 47.5 Å². The highest BCUT2D eigenvalue weighted by molar-refractivity contribution is 9.10. The van der Waals surface area contributed by atoms with Crippen molar-refractivity contribution in [2.24, 2.45) is 0 Å². The molecule has 5 aromatic carbocycles. The number of carbonyl (C=O) groups is 3. The molecule has 8 nitrogen and oxygen atoms in total. The summed E-state index contributed by atoms with van der Waals surface area (Å²) in [6.07, 6.45) is 3.28. The van der Waals surface area contributed by atoms with Crippen molar-refractivity contribution < 1.29 is 23.9 Å². The Labute approximate surface area is 327 Å². The molecule has 54 heavy (non-hydrogen) atoms. The van der Waals surface area contributed by atoms with Crippen LogP contribution >= 0.6 is 27.5 Å². The lowest BCUT2D eigenvalue weighted by molar-refractivity contribution is -0.122. The molecule has 0 bridgehead atoms. The number of carbonyl (C=O) groups excluding carboxylic acids is 3. The van der Waals surface area contributed by atoms with Crippen molar-refractivity contribution in [2.75, 3.05) is 29.5 Å². The first kappa shape index (κ1) is 35.6. The van der Waals surface area contributed by atoms with E-state index >= 15 is 0 Å². The third-order valence-electron chi connectivity index (χ3n) is 10.3. The number of hydrogen-bond donors (Lipinski definition) is 1. The Morgan fingerprint density at radius 2 is 1.46 bits per heavy atom. The predicted molar refractivity (Wildman–Crippen MR) is 215 cm³/mol. The standard InChI is InChI=1S/C44H37BrClN3O5/c1-2-53-39-23-28(22-38(45)41(39)54-26-27-10-9-15-31(46)20-27)21-37-42(50)47-44(52)49(43(37)51)32-24-35-33(29-11-5-3-6-12-29)16-18-48-19-17-34(36(25-32)40(35)48)30-13-7-4-8-14-30/h3-15,20-25,33-34H,2,16-19,26H2,1H3,(H,47,50,52)/b37-21+/t33-,34+. The van der Waals surface area contributed by atoms with Crippen molar-refractivity contribution in [2.45, 2.75) is 38.2 Å². The van der Waals surface area contributed by atoms with Gasteiger partial charge in [-0.25, -0.2) is 9.69 Å². The summed E-state index contributed by atoms with van der Waals surface area (Å²) in [5, 5.41) is 3.04. The van der Waals surface area contributed by atoms with Crippen LogP contribution in [0.5, 0.6) is 11.5 Å². The van der Waals surface area contributed by atoms with Crippen molar-refractivity contribution >= 4 is 62.8 Å². The number of amides is 4. The molecule has 3 heterocycles. The Balaban J connectivity index is 1.19. The monoisotopic (exact) mass is 801 g/mol. The molecule has 0 aliphatic carbocycles. The lowest BCUT2D eigenvalue weighted by Gasteiger charge is -2.44. The van der Waals surface area contributed by atoms with Gasteiger partial charge < -0.3 is 14.4 Å². The van der Waals surface area contributed by atoms with Crippen LogP contribution in [0.15, 0.2) is 119 Å². The molecule has 10 heteroatoms. The molecule has 272 valence electrons. The summed E-state index contributed by atoms with van der Waals surface area (Å²) in [5.41, 5.74) is 7.31. The maximum absolute atomic E-state index is 14.4. The van der Waals surface area contributed by atoms with Crippen LogP contribution in [0.25, 0.3) is 6.08 Å². The molecule has 2 atom stereocenters. The van der Waals surface area contributed by atoms with E-state index in [-0.39, 0.29) is 24.0 Å². The molecular formula is C44H37BrClN3O5. The van der Waals surface area contributed by atoms with Crippen molar-refractivity contribution in [3.05, 3.63) is 158 Å². The van der Waals surface area contributed by atoms with Gasteiger partial charge in [0.2, 0.25) is 0 Å². The van der Waals surface area contributed by atoms with Crippen LogP contribution in [0.2, 0.25) is 5.02 Å². The summed E-state index contributed by atoms with van der Waals surface area (Å²) in [5.74, 6) is -0.449. The van der Waals surface area contributed by atoms with Gasteiger partial charge in [-0.15, -0.1) is 0 Å². The van der Waals surface area contributed by atoms with E-state index in [1.807, 2.05) is 73.7 Å². The molecule has 3 aliphatic heterocycles. The number of anilines is 2. The van der Waals surface area contributed by atoms with Crippen LogP contribution in [0.4, 0.5) is 16.2 Å². The second-order valence-electron chi connectivity index (χ2n) is 13.6. The maximum atomic E-state index is 14.4. The van der Waals surface area contributed by atoms with Gasteiger partial charge in [0.15, 0.2) is 11.5 Å². The fourth-order valence-corrected chi connectivity index (χ4v) is 8.67. The highest BCUT2D eigenvalue weighted by Gasteiger charge is 2.40. The summed E-state index contributed by atoms with van der Waals surface area (Å²) >= 11 is 9.78. The molecule has 3 aliphatic rings. The van der Waals surface area contributed by atoms with Gasteiger partial charge >= 0.3 is 6.03 Å². The predicted octanol–water partition coefficient (Wildman–Crippen LogP) is 9.62. The Kier molecular flexibility index (Phi) is 10.0. The number of urea groups is 1. The Morgan fingerprint density at radius 1 is 0.815 bits per heavy atom. The first-order valence-corrected chi connectivity index (χ1v) is 19.2. The summed E-state index contributed by atoms with van der Waals surface area (Å²) in [6, 6.07) is 34.7. The van der Waals surface area contributed by atoms with Gasteiger partial charge in [0.1, 0.15) is 12.2 Å². The molecule has 0 aromatic heterocycles. The number of imide groups is 2.